The molecule has 1 aliphatic rings. The zero-order chi connectivity index (χ0) is 12.4. The maximum absolute atomic E-state index is 11.7. The predicted molar refractivity (Wildman–Crippen MR) is 59.3 cm³/mol. The van der Waals surface area contributed by atoms with E-state index in [-0.39, 0.29) is 11.9 Å². The number of carboxylic acids is 1. The van der Waals surface area contributed by atoms with Crippen molar-refractivity contribution in [3.8, 4) is 0 Å². The van der Waals surface area contributed by atoms with E-state index in [1.54, 1.807) is 4.90 Å². The van der Waals surface area contributed by atoms with Gasteiger partial charge in [0.05, 0.1) is 6.54 Å². The third-order valence-corrected chi connectivity index (χ3v) is 2.73. The Labute approximate surface area is 99.0 Å². The van der Waals surface area contributed by atoms with E-state index in [4.69, 9.17) is 9.52 Å². The molecule has 92 valence electrons. The standard InChI is InChI=1S/C12H15NO4/c1-8-2-5-10(17-8)7-13(9-3-4-9)11(14)6-12(15)16/h2,5,9H,3-4,6-7H2,1H3,(H,15,16). The molecule has 0 bridgehead atoms. The van der Waals surface area contributed by atoms with Crippen LogP contribution in [0.5, 0.6) is 0 Å². The third-order valence-electron chi connectivity index (χ3n) is 2.73. The van der Waals surface area contributed by atoms with Gasteiger partial charge < -0.3 is 14.4 Å². The summed E-state index contributed by atoms with van der Waals surface area (Å²) in [6.45, 7) is 2.20. The lowest BCUT2D eigenvalue weighted by molar-refractivity contribution is -0.144. The van der Waals surface area contributed by atoms with Gasteiger partial charge in [-0.25, -0.2) is 0 Å². The second-order valence-electron chi connectivity index (χ2n) is 4.34. The van der Waals surface area contributed by atoms with Crippen molar-refractivity contribution in [2.75, 3.05) is 0 Å². The van der Waals surface area contributed by atoms with Gasteiger partial charge in [0.2, 0.25) is 5.91 Å². The van der Waals surface area contributed by atoms with Crippen LogP contribution in [0.25, 0.3) is 0 Å². The molecule has 0 atom stereocenters. The Hall–Kier alpha value is -1.78. The summed E-state index contributed by atoms with van der Waals surface area (Å²) in [5.74, 6) is 0.0693. The number of nitrogens with zero attached hydrogens (tertiary/aromatic N) is 1. The summed E-state index contributed by atoms with van der Waals surface area (Å²) in [4.78, 5) is 23.9. The molecule has 1 aromatic heterocycles. The number of aliphatic carboxylic acids is 1. The molecule has 0 radical (unpaired) electrons. The highest BCUT2D eigenvalue weighted by molar-refractivity contribution is 5.93. The zero-order valence-corrected chi connectivity index (χ0v) is 9.68. The van der Waals surface area contributed by atoms with Crippen molar-refractivity contribution in [1.29, 1.82) is 0 Å². The Morgan fingerprint density at radius 2 is 2.18 bits per heavy atom. The van der Waals surface area contributed by atoms with Crippen molar-refractivity contribution >= 4 is 11.9 Å². The van der Waals surface area contributed by atoms with Gasteiger partial charge in [-0.2, -0.15) is 0 Å². The van der Waals surface area contributed by atoms with E-state index in [2.05, 4.69) is 0 Å². The van der Waals surface area contributed by atoms with Gasteiger partial charge >= 0.3 is 5.97 Å². The van der Waals surface area contributed by atoms with E-state index in [1.165, 1.54) is 0 Å². The summed E-state index contributed by atoms with van der Waals surface area (Å²) in [5, 5.41) is 8.63. The molecule has 1 N–H and O–H groups in total. The molecule has 0 aromatic carbocycles. The van der Waals surface area contributed by atoms with Gasteiger partial charge in [-0.05, 0) is 31.9 Å². The Morgan fingerprint density at radius 1 is 1.47 bits per heavy atom. The van der Waals surface area contributed by atoms with Crippen molar-refractivity contribution in [3.63, 3.8) is 0 Å². The van der Waals surface area contributed by atoms with Crippen LogP contribution in [-0.4, -0.2) is 27.9 Å². The molecule has 0 saturated heterocycles. The van der Waals surface area contributed by atoms with E-state index in [1.807, 2.05) is 19.1 Å². The quantitative estimate of drug-likeness (QED) is 0.789. The zero-order valence-electron chi connectivity index (χ0n) is 9.68. The largest absolute Gasteiger partial charge is 0.481 e. The number of aryl methyl sites for hydroxylation is 1. The van der Waals surface area contributed by atoms with Gasteiger partial charge in [0.1, 0.15) is 17.9 Å². The van der Waals surface area contributed by atoms with E-state index in [0.29, 0.717) is 12.3 Å². The Morgan fingerprint density at radius 3 is 2.65 bits per heavy atom. The molecule has 0 unspecified atom stereocenters. The highest BCUT2D eigenvalue weighted by atomic mass is 16.4. The van der Waals surface area contributed by atoms with Crippen LogP contribution in [-0.2, 0) is 16.1 Å². The number of hydrogen-bond donors (Lipinski definition) is 1. The Balaban J connectivity index is 2.02. The summed E-state index contributed by atoms with van der Waals surface area (Å²) in [6, 6.07) is 3.84. The maximum Gasteiger partial charge on any atom is 0.312 e. The van der Waals surface area contributed by atoms with E-state index in [9.17, 15) is 9.59 Å². The molecule has 1 fully saturated rings. The molecule has 0 aliphatic heterocycles. The van der Waals surface area contributed by atoms with Crippen LogP contribution in [0.2, 0.25) is 0 Å². The van der Waals surface area contributed by atoms with Gasteiger partial charge in [-0.15, -0.1) is 0 Å². The molecule has 1 aromatic rings. The van der Waals surface area contributed by atoms with Gasteiger partial charge in [0, 0.05) is 6.04 Å². The minimum atomic E-state index is -1.09. The number of amides is 1. The first-order valence-electron chi connectivity index (χ1n) is 5.63. The Bertz CT molecular complexity index is 433. The van der Waals surface area contributed by atoms with Crippen LogP contribution in [0.3, 0.4) is 0 Å². The summed E-state index contributed by atoms with van der Waals surface area (Å²) in [6.07, 6.45) is 1.45. The smallest absolute Gasteiger partial charge is 0.312 e. The number of furan rings is 1. The Kier molecular flexibility index (Phi) is 3.17. The van der Waals surface area contributed by atoms with Crippen LogP contribution in [0.4, 0.5) is 0 Å². The van der Waals surface area contributed by atoms with Gasteiger partial charge in [-0.1, -0.05) is 0 Å². The fourth-order valence-electron chi connectivity index (χ4n) is 1.78. The van der Waals surface area contributed by atoms with Crippen molar-refractivity contribution in [2.24, 2.45) is 0 Å². The fraction of sp³-hybridized carbons (Fsp3) is 0.500. The maximum atomic E-state index is 11.7. The lowest BCUT2D eigenvalue weighted by Crippen LogP contribution is -2.33. The summed E-state index contributed by atoms with van der Waals surface area (Å²) in [5.41, 5.74) is 0. The molecule has 2 rings (SSSR count). The highest BCUT2D eigenvalue weighted by Crippen LogP contribution is 2.29. The molecular formula is C12H15NO4. The number of hydrogen-bond acceptors (Lipinski definition) is 3. The highest BCUT2D eigenvalue weighted by Gasteiger charge is 2.33. The SMILES string of the molecule is Cc1ccc(CN(C(=O)CC(=O)O)C2CC2)o1. The number of carbonyl (C=O) groups is 2. The second kappa shape index (κ2) is 4.61. The summed E-state index contributed by atoms with van der Waals surface area (Å²) < 4.78 is 5.41. The summed E-state index contributed by atoms with van der Waals surface area (Å²) >= 11 is 0. The number of rotatable bonds is 5. The fourth-order valence-corrected chi connectivity index (χ4v) is 1.78. The van der Waals surface area contributed by atoms with Gasteiger partial charge in [0.15, 0.2) is 0 Å². The van der Waals surface area contributed by atoms with E-state index in [0.717, 1.165) is 18.6 Å². The van der Waals surface area contributed by atoms with Gasteiger partial charge in [-0.3, -0.25) is 9.59 Å². The lowest BCUT2D eigenvalue weighted by Gasteiger charge is -2.20. The second-order valence-corrected chi connectivity index (χ2v) is 4.34. The average molecular weight is 237 g/mol. The molecule has 1 heterocycles. The average Bonchev–Trinajstić information content (AvgIpc) is 2.98. The van der Waals surface area contributed by atoms with Crippen molar-refractivity contribution in [3.05, 3.63) is 23.7 Å². The lowest BCUT2D eigenvalue weighted by atomic mass is 10.3. The van der Waals surface area contributed by atoms with Crippen LogP contribution in [0.1, 0.15) is 30.8 Å². The van der Waals surface area contributed by atoms with Crippen LogP contribution in [0, 0.1) is 6.92 Å². The van der Waals surface area contributed by atoms with Crippen LogP contribution < -0.4 is 0 Å². The number of carboxylic acid groups (broad SMARTS) is 1. The first-order valence-corrected chi connectivity index (χ1v) is 5.63. The molecule has 5 heteroatoms. The first kappa shape index (κ1) is 11.7. The van der Waals surface area contributed by atoms with E-state index >= 15 is 0 Å². The minimum Gasteiger partial charge on any atom is -0.481 e. The summed E-state index contributed by atoms with van der Waals surface area (Å²) in [7, 11) is 0. The molecule has 1 amide bonds. The topological polar surface area (TPSA) is 70.8 Å². The third kappa shape index (κ3) is 3.09. The monoisotopic (exact) mass is 237 g/mol. The van der Waals surface area contributed by atoms with Gasteiger partial charge in [0.25, 0.3) is 0 Å². The molecule has 1 saturated carbocycles. The molecule has 5 nitrogen and oxygen atoms in total. The minimum absolute atomic E-state index is 0.187. The first-order chi connectivity index (χ1) is 8.06. The van der Waals surface area contributed by atoms with Crippen LogP contribution >= 0.6 is 0 Å². The van der Waals surface area contributed by atoms with Crippen molar-refractivity contribution < 1.29 is 19.1 Å². The van der Waals surface area contributed by atoms with Crippen molar-refractivity contribution in [1.82, 2.24) is 4.90 Å². The molecular weight excluding hydrogens is 222 g/mol. The normalized spacial score (nSPS) is 14.6. The van der Waals surface area contributed by atoms with Crippen LogP contribution in [0.15, 0.2) is 16.5 Å². The molecule has 1 aliphatic carbocycles. The molecule has 0 spiro atoms. The molecule has 17 heavy (non-hydrogen) atoms. The van der Waals surface area contributed by atoms with Crippen molar-refractivity contribution in [2.45, 2.75) is 38.8 Å². The number of carbonyl (C=O) groups excluding carboxylic acids is 1. The predicted octanol–water partition coefficient (Wildman–Crippen LogP) is 1.55. The van der Waals surface area contributed by atoms with E-state index < -0.39 is 12.4 Å².